The second kappa shape index (κ2) is 8.73. The van der Waals surface area contributed by atoms with E-state index in [1.165, 1.54) is 36.5 Å². The highest BCUT2D eigenvalue weighted by Crippen LogP contribution is 2.35. The van der Waals surface area contributed by atoms with Crippen molar-refractivity contribution < 1.29 is 27.9 Å². The first-order valence-corrected chi connectivity index (χ1v) is 12.4. The van der Waals surface area contributed by atoms with Crippen molar-refractivity contribution in [3.8, 4) is 0 Å². The Hall–Kier alpha value is -3.22. The molecule has 12 heteroatoms. The number of amides is 2. The van der Waals surface area contributed by atoms with E-state index in [1.54, 1.807) is 23.6 Å². The number of imide groups is 1. The number of sulfonamides is 1. The van der Waals surface area contributed by atoms with Gasteiger partial charge in [0.25, 0.3) is 10.0 Å². The summed E-state index contributed by atoms with van der Waals surface area (Å²) < 4.78 is 27.3. The Bertz CT molecular complexity index is 1290. The Morgan fingerprint density at radius 1 is 1.16 bits per heavy atom. The molecule has 1 atom stereocenters. The second-order valence-electron chi connectivity index (χ2n) is 6.62. The van der Waals surface area contributed by atoms with Crippen LogP contribution in [0.3, 0.4) is 0 Å². The van der Waals surface area contributed by atoms with Crippen molar-refractivity contribution in [1.82, 2.24) is 4.98 Å². The van der Waals surface area contributed by atoms with Crippen LogP contribution in [0.5, 0.6) is 0 Å². The van der Waals surface area contributed by atoms with Crippen LogP contribution < -0.4 is 9.62 Å². The summed E-state index contributed by atoms with van der Waals surface area (Å²) >= 11 is 2.16. The molecule has 32 heavy (non-hydrogen) atoms. The molecule has 1 aromatic heterocycles. The number of aromatic nitrogens is 1. The first-order valence-electron chi connectivity index (χ1n) is 9.14. The summed E-state index contributed by atoms with van der Waals surface area (Å²) in [5.74, 6) is -2.06. The highest BCUT2D eigenvalue weighted by Gasteiger charge is 2.40. The number of anilines is 2. The number of aromatic carboxylic acids is 1. The molecule has 0 radical (unpaired) electrons. The zero-order valence-corrected chi connectivity index (χ0v) is 18.6. The number of benzene rings is 2. The molecule has 0 aliphatic carbocycles. The number of rotatable bonds is 7. The van der Waals surface area contributed by atoms with Crippen LogP contribution in [0.25, 0.3) is 0 Å². The number of carbonyl (C=O) groups is 3. The van der Waals surface area contributed by atoms with E-state index in [-0.39, 0.29) is 27.7 Å². The van der Waals surface area contributed by atoms with Gasteiger partial charge in [-0.25, -0.2) is 23.1 Å². The summed E-state index contributed by atoms with van der Waals surface area (Å²) in [6.07, 6.45) is 1.38. The summed E-state index contributed by atoms with van der Waals surface area (Å²) in [6, 6.07) is 11.6. The number of carboxylic acid groups (broad SMARTS) is 1. The number of carboxylic acids is 1. The van der Waals surface area contributed by atoms with Gasteiger partial charge in [-0.05, 0) is 36.4 Å². The second-order valence-corrected chi connectivity index (χ2v) is 10.4. The monoisotopic (exact) mass is 489 g/mol. The summed E-state index contributed by atoms with van der Waals surface area (Å²) in [5.41, 5.74) is 0.293. The normalized spacial score (nSPS) is 16.4. The molecule has 2 heterocycles. The Morgan fingerprint density at radius 2 is 1.88 bits per heavy atom. The van der Waals surface area contributed by atoms with Gasteiger partial charge in [-0.2, -0.15) is 0 Å². The third-order valence-corrected chi connectivity index (χ3v) is 7.99. The summed E-state index contributed by atoms with van der Waals surface area (Å²) in [4.78, 5) is 42.1. The topological polar surface area (TPSA) is 134 Å². The fourth-order valence-corrected chi connectivity index (χ4v) is 6.06. The fourth-order valence-electron chi connectivity index (χ4n) is 3.09. The molecule has 1 saturated heterocycles. The van der Waals surface area contributed by atoms with Crippen LogP contribution in [0.15, 0.2) is 69.9 Å². The van der Waals surface area contributed by atoms with E-state index in [0.29, 0.717) is 4.90 Å². The zero-order valence-electron chi connectivity index (χ0n) is 16.2. The number of nitrogens with zero attached hydrogens (tertiary/aromatic N) is 2. The third kappa shape index (κ3) is 4.38. The molecular weight excluding hydrogens is 474 g/mol. The van der Waals surface area contributed by atoms with Crippen LogP contribution in [0.2, 0.25) is 0 Å². The van der Waals surface area contributed by atoms with Gasteiger partial charge in [-0.1, -0.05) is 12.1 Å². The number of thiazole rings is 1. The molecule has 1 unspecified atom stereocenters. The van der Waals surface area contributed by atoms with E-state index in [4.69, 9.17) is 0 Å². The fraction of sp³-hybridized carbons (Fsp3) is 0.100. The minimum Gasteiger partial charge on any atom is -0.478 e. The van der Waals surface area contributed by atoms with Crippen molar-refractivity contribution in [3.63, 3.8) is 0 Å². The Balaban J connectivity index is 1.52. The van der Waals surface area contributed by atoms with E-state index in [9.17, 15) is 27.9 Å². The van der Waals surface area contributed by atoms with Gasteiger partial charge in [0.2, 0.25) is 11.8 Å². The smallest absolute Gasteiger partial charge is 0.336 e. The number of hydrogen-bond donors (Lipinski definition) is 2. The zero-order chi connectivity index (χ0) is 22.9. The summed E-state index contributed by atoms with van der Waals surface area (Å²) in [5, 5.41) is 10.4. The molecule has 3 aromatic rings. The van der Waals surface area contributed by atoms with Crippen LogP contribution >= 0.6 is 23.1 Å². The maximum atomic E-state index is 12.9. The lowest BCUT2D eigenvalue weighted by Crippen LogP contribution is -2.31. The van der Waals surface area contributed by atoms with Gasteiger partial charge in [-0.15, -0.1) is 23.1 Å². The van der Waals surface area contributed by atoms with Crippen molar-refractivity contribution >= 4 is 61.7 Å². The lowest BCUT2D eigenvalue weighted by molar-refractivity contribution is -0.121. The van der Waals surface area contributed by atoms with Crippen molar-refractivity contribution in [1.29, 1.82) is 0 Å². The van der Waals surface area contributed by atoms with Gasteiger partial charge in [-0.3, -0.25) is 14.3 Å². The van der Waals surface area contributed by atoms with Gasteiger partial charge in [0.1, 0.15) is 0 Å². The van der Waals surface area contributed by atoms with E-state index >= 15 is 0 Å². The van der Waals surface area contributed by atoms with Gasteiger partial charge in [0, 0.05) is 22.9 Å². The molecule has 2 N–H and O–H groups in total. The molecule has 0 saturated carbocycles. The lowest BCUT2D eigenvalue weighted by atomic mass is 10.2. The lowest BCUT2D eigenvalue weighted by Gasteiger charge is -2.16. The number of nitrogens with one attached hydrogen (secondary N) is 1. The molecule has 2 amide bonds. The molecule has 2 aromatic carbocycles. The Labute approximate surface area is 191 Å². The van der Waals surface area contributed by atoms with E-state index in [1.807, 2.05) is 0 Å². The first-order chi connectivity index (χ1) is 15.3. The number of carbonyl (C=O) groups excluding carboxylic acids is 2. The van der Waals surface area contributed by atoms with Crippen LogP contribution in [-0.4, -0.2) is 41.5 Å². The molecule has 1 fully saturated rings. The van der Waals surface area contributed by atoms with Gasteiger partial charge < -0.3 is 5.11 Å². The maximum Gasteiger partial charge on any atom is 0.336 e. The van der Waals surface area contributed by atoms with E-state index in [0.717, 1.165) is 28.0 Å². The van der Waals surface area contributed by atoms with Gasteiger partial charge >= 0.3 is 5.97 Å². The molecule has 1 aliphatic heterocycles. The predicted molar refractivity (Wildman–Crippen MR) is 120 cm³/mol. The van der Waals surface area contributed by atoms with Gasteiger partial charge in [0.15, 0.2) is 5.13 Å². The van der Waals surface area contributed by atoms with Crippen LogP contribution in [0.1, 0.15) is 16.8 Å². The third-order valence-electron chi connectivity index (χ3n) is 4.55. The average molecular weight is 490 g/mol. The summed E-state index contributed by atoms with van der Waals surface area (Å²) in [6.45, 7) is 0. The molecule has 1 aliphatic rings. The molecular formula is C20H15N3O6S3. The van der Waals surface area contributed by atoms with E-state index < -0.39 is 33.1 Å². The predicted octanol–water partition coefficient (Wildman–Crippen LogP) is 3.07. The minimum atomic E-state index is -3.87. The van der Waals surface area contributed by atoms with Crippen molar-refractivity contribution in [2.75, 3.05) is 9.62 Å². The Kier molecular flexibility index (Phi) is 6.00. The SMILES string of the molecule is O=C(O)c1ccccc1SC1CC(=O)N(c2ccc(S(=O)(=O)Nc3nccs3)cc2)C1=O. The standard InChI is InChI=1S/C20H15N3O6S3/c24-17-11-16(31-15-4-2-1-3-14(15)19(26)27)18(25)23(17)12-5-7-13(8-6-12)32(28,29)22-20-21-9-10-30-20/h1-10,16H,11H2,(H,21,22)(H,26,27). The van der Waals surface area contributed by atoms with Crippen LogP contribution in [0.4, 0.5) is 10.8 Å². The molecule has 164 valence electrons. The van der Waals surface area contributed by atoms with Crippen LogP contribution in [-0.2, 0) is 19.6 Å². The molecule has 0 bridgehead atoms. The maximum absolute atomic E-state index is 12.9. The average Bonchev–Trinajstić information content (AvgIpc) is 3.35. The highest BCUT2D eigenvalue weighted by atomic mass is 32.2. The summed E-state index contributed by atoms with van der Waals surface area (Å²) in [7, 11) is -3.87. The number of thioether (sulfide) groups is 1. The Morgan fingerprint density at radius 3 is 2.53 bits per heavy atom. The van der Waals surface area contributed by atoms with Crippen molar-refractivity contribution in [3.05, 3.63) is 65.7 Å². The molecule has 9 nitrogen and oxygen atoms in total. The quantitative estimate of drug-likeness (QED) is 0.484. The highest BCUT2D eigenvalue weighted by molar-refractivity contribution is 8.00. The van der Waals surface area contributed by atoms with Gasteiger partial charge in [0.05, 0.1) is 21.4 Å². The number of hydrogen-bond acceptors (Lipinski definition) is 8. The first kappa shape index (κ1) is 22.0. The van der Waals surface area contributed by atoms with Crippen molar-refractivity contribution in [2.45, 2.75) is 21.5 Å². The van der Waals surface area contributed by atoms with E-state index in [2.05, 4.69) is 9.71 Å². The van der Waals surface area contributed by atoms with Crippen LogP contribution in [0, 0.1) is 0 Å². The molecule has 0 spiro atoms. The largest absolute Gasteiger partial charge is 0.478 e. The minimum absolute atomic E-state index is 0.0446. The van der Waals surface area contributed by atoms with Crippen molar-refractivity contribution in [2.24, 2.45) is 0 Å². The molecule has 4 rings (SSSR count).